The van der Waals surface area contributed by atoms with Gasteiger partial charge in [0.25, 0.3) is 5.91 Å². The monoisotopic (exact) mass is 385 g/mol. The molecule has 7 nitrogen and oxygen atoms in total. The molecule has 0 atom stereocenters. The Morgan fingerprint density at radius 3 is 2.54 bits per heavy atom. The topological polar surface area (TPSA) is 81.2 Å². The maximum atomic E-state index is 11.9. The first-order valence-electron chi connectivity index (χ1n) is 9.17. The van der Waals surface area contributed by atoms with E-state index in [1.54, 1.807) is 20.4 Å². The minimum Gasteiger partial charge on any atom is -0.497 e. The smallest absolute Gasteiger partial charge is 0.259 e. The van der Waals surface area contributed by atoms with Crippen LogP contribution < -0.4 is 25.0 Å². The second-order valence-corrected chi connectivity index (χ2v) is 5.99. The van der Waals surface area contributed by atoms with Crippen LogP contribution in [0.4, 0.5) is 5.69 Å². The van der Waals surface area contributed by atoms with Crippen LogP contribution >= 0.6 is 0 Å². The molecule has 0 heterocycles. The van der Waals surface area contributed by atoms with E-state index in [9.17, 15) is 4.79 Å². The van der Waals surface area contributed by atoms with E-state index >= 15 is 0 Å². The van der Waals surface area contributed by atoms with Crippen LogP contribution in [0.25, 0.3) is 0 Å². The summed E-state index contributed by atoms with van der Waals surface area (Å²) in [5, 5.41) is 7.00. The molecule has 0 radical (unpaired) electrons. The largest absolute Gasteiger partial charge is 0.497 e. The summed E-state index contributed by atoms with van der Waals surface area (Å²) in [5.41, 5.74) is 4.11. The maximum Gasteiger partial charge on any atom is 0.259 e. The zero-order valence-corrected chi connectivity index (χ0v) is 16.5. The number of anilines is 1. The van der Waals surface area contributed by atoms with Crippen LogP contribution in [0.1, 0.15) is 25.3 Å². The first-order chi connectivity index (χ1) is 13.7. The summed E-state index contributed by atoms with van der Waals surface area (Å²) in [5.74, 6) is 1.84. The second kappa shape index (κ2) is 11.5. The molecular formula is C21H27N3O4. The summed E-state index contributed by atoms with van der Waals surface area (Å²) in [4.78, 5) is 11.9. The molecule has 0 aliphatic carbocycles. The van der Waals surface area contributed by atoms with Crippen molar-refractivity contribution in [3.8, 4) is 17.2 Å². The van der Waals surface area contributed by atoms with Crippen molar-refractivity contribution in [1.82, 2.24) is 5.43 Å². The van der Waals surface area contributed by atoms with Crippen molar-refractivity contribution < 1.29 is 19.0 Å². The zero-order chi connectivity index (χ0) is 20.2. The highest BCUT2D eigenvalue weighted by molar-refractivity contribution is 5.84. The molecule has 0 fully saturated rings. The minimum absolute atomic E-state index is 0.108. The fraction of sp³-hybridized carbons (Fsp3) is 0.333. The molecule has 0 spiro atoms. The highest BCUT2D eigenvalue weighted by atomic mass is 16.5. The van der Waals surface area contributed by atoms with Gasteiger partial charge in [-0.15, -0.1) is 0 Å². The molecular weight excluding hydrogens is 358 g/mol. The van der Waals surface area contributed by atoms with Gasteiger partial charge in [0.2, 0.25) is 0 Å². The molecule has 0 aromatic heterocycles. The van der Waals surface area contributed by atoms with Crippen LogP contribution in [0.2, 0.25) is 0 Å². The third-order valence-electron chi connectivity index (χ3n) is 3.89. The van der Waals surface area contributed by atoms with Crippen molar-refractivity contribution in [2.45, 2.75) is 19.8 Å². The van der Waals surface area contributed by atoms with Gasteiger partial charge in [0.15, 0.2) is 11.5 Å². The van der Waals surface area contributed by atoms with E-state index < -0.39 is 0 Å². The molecule has 1 amide bonds. The molecule has 2 aromatic rings. The van der Waals surface area contributed by atoms with E-state index in [1.165, 1.54) is 0 Å². The van der Waals surface area contributed by atoms with E-state index in [2.05, 4.69) is 22.8 Å². The van der Waals surface area contributed by atoms with Crippen LogP contribution in [0.15, 0.2) is 47.6 Å². The maximum absolute atomic E-state index is 11.9. The lowest BCUT2D eigenvalue weighted by Crippen LogP contribution is -2.25. The summed E-state index contributed by atoms with van der Waals surface area (Å²) in [6.07, 6.45) is 3.62. The minimum atomic E-state index is -0.251. The first kappa shape index (κ1) is 21.1. The lowest BCUT2D eigenvalue weighted by atomic mass is 10.2. The predicted octanol–water partition coefficient (Wildman–Crippen LogP) is 3.44. The molecule has 28 heavy (non-hydrogen) atoms. The lowest BCUT2D eigenvalue weighted by molar-refractivity contribution is -0.119. The van der Waals surface area contributed by atoms with Gasteiger partial charge in [-0.2, -0.15) is 5.10 Å². The van der Waals surface area contributed by atoms with Gasteiger partial charge in [0.05, 0.1) is 33.6 Å². The summed E-state index contributed by atoms with van der Waals surface area (Å²) in [6, 6.07) is 12.8. The summed E-state index contributed by atoms with van der Waals surface area (Å²) >= 11 is 0. The quantitative estimate of drug-likeness (QED) is 0.352. The Hall–Kier alpha value is -3.22. The van der Waals surface area contributed by atoms with Gasteiger partial charge in [-0.3, -0.25) is 4.79 Å². The Morgan fingerprint density at radius 2 is 1.86 bits per heavy atom. The van der Waals surface area contributed by atoms with Crippen molar-refractivity contribution in [1.29, 1.82) is 0 Å². The van der Waals surface area contributed by atoms with Gasteiger partial charge < -0.3 is 19.5 Å². The standard InChI is InChI=1S/C21H27N3O4/c1-4-5-12-28-19-11-6-16(13-20(19)27-3)14-23-24-21(25)15-22-17-7-9-18(26-2)10-8-17/h6-11,13-14,22H,4-5,12,15H2,1-3H3,(H,24,25)/b23-14+. The number of nitrogens with zero attached hydrogens (tertiary/aromatic N) is 1. The SMILES string of the molecule is CCCCOc1ccc(/C=N/NC(=O)CNc2ccc(OC)cc2)cc1OC. The molecule has 0 saturated heterocycles. The fourth-order valence-corrected chi connectivity index (χ4v) is 2.32. The van der Waals surface area contributed by atoms with Gasteiger partial charge >= 0.3 is 0 Å². The molecule has 0 aliphatic rings. The molecule has 0 saturated carbocycles. The van der Waals surface area contributed by atoms with Crippen LogP contribution in [0, 0.1) is 0 Å². The van der Waals surface area contributed by atoms with Gasteiger partial charge in [-0.25, -0.2) is 5.43 Å². The van der Waals surface area contributed by atoms with E-state index in [0.29, 0.717) is 18.1 Å². The summed E-state index contributed by atoms with van der Waals surface area (Å²) in [7, 11) is 3.20. The number of carbonyl (C=O) groups is 1. The van der Waals surface area contributed by atoms with Crippen molar-refractivity contribution >= 4 is 17.8 Å². The summed E-state index contributed by atoms with van der Waals surface area (Å²) in [6.45, 7) is 2.87. The highest BCUT2D eigenvalue weighted by Gasteiger charge is 2.05. The van der Waals surface area contributed by atoms with E-state index in [0.717, 1.165) is 29.8 Å². The van der Waals surface area contributed by atoms with E-state index in [1.807, 2.05) is 42.5 Å². The van der Waals surface area contributed by atoms with Gasteiger partial charge in [-0.05, 0) is 54.4 Å². The number of hydrazone groups is 1. The van der Waals surface area contributed by atoms with E-state index in [-0.39, 0.29) is 12.5 Å². The number of hydrogen-bond acceptors (Lipinski definition) is 6. The van der Waals surface area contributed by atoms with Gasteiger partial charge in [0, 0.05) is 5.69 Å². The Bertz CT molecular complexity index is 776. The van der Waals surface area contributed by atoms with Crippen LogP contribution in [0.3, 0.4) is 0 Å². The molecule has 0 aliphatic heterocycles. The van der Waals surface area contributed by atoms with Crippen molar-refractivity contribution in [3.05, 3.63) is 48.0 Å². The zero-order valence-electron chi connectivity index (χ0n) is 16.5. The van der Waals surface area contributed by atoms with Crippen LogP contribution in [-0.4, -0.2) is 39.5 Å². The lowest BCUT2D eigenvalue weighted by Gasteiger charge is -2.10. The number of carbonyl (C=O) groups excluding carboxylic acids is 1. The predicted molar refractivity (Wildman–Crippen MR) is 111 cm³/mol. The highest BCUT2D eigenvalue weighted by Crippen LogP contribution is 2.27. The molecule has 2 N–H and O–H groups in total. The normalized spacial score (nSPS) is 10.5. The van der Waals surface area contributed by atoms with Crippen LogP contribution in [0.5, 0.6) is 17.2 Å². The second-order valence-electron chi connectivity index (χ2n) is 5.99. The number of hydrogen-bond donors (Lipinski definition) is 2. The summed E-state index contributed by atoms with van der Waals surface area (Å²) < 4.78 is 16.1. The first-order valence-corrected chi connectivity index (χ1v) is 9.17. The number of amides is 1. The number of methoxy groups -OCH3 is 2. The van der Waals surface area contributed by atoms with E-state index in [4.69, 9.17) is 14.2 Å². The Labute approximate surface area is 165 Å². The van der Waals surface area contributed by atoms with Crippen molar-refractivity contribution in [2.75, 3.05) is 32.7 Å². The molecule has 150 valence electrons. The average Bonchev–Trinajstić information content (AvgIpc) is 2.73. The number of unbranched alkanes of at least 4 members (excludes halogenated alkanes) is 1. The van der Waals surface area contributed by atoms with Crippen LogP contribution in [-0.2, 0) is 4.79 Å². The van der Waals surface area contributed by atoms with Gasteiger partial charge in [0.1, 0.15) is 5.75 Å². The average molecular weight is 385 g/mol. The number of rotatable bonds is 11. The Morgan fingerprint density at radius 1 is 1.07 bits per heavy atom. The Kier molecular flexibility index (Phi) is 8.65. The molecule has 0 unspecified atom stereocenters. The van der Waals surface area contributed by atoms with Crippen molar-refractivity contribution in [2.24, 2.45) is 5.10 Å². The molecule has 0 bridgehead atoms. The van der Waals surface area contributed by atoms with Gasteiger partial charge in [-0.1, -0.05) is 13.3 Å². The number of nitrogens with one attached hydrogen (secondary N) is 2. The molecule has 7 heteroatoms. The number of ether oxygens (including phenoxy) is 3. The van der Waals surface area contributed by atoms with Crippen molar-refractivity contribution in [3.63, 3.8) is 0 Å². The molecule has 2 rings (SSSR count). The third kappa shape index (κ3) is 6.83. The number of benzene rings is 2. The Balaban J connectivity index is 1.82. The fourth-order valence-electron chi connectivity index (χ4n) is 2.32. The molecule has 2 aromatic carbocycles. The third-order valence-corrected chi connectivity index (χ3v) is 3.89.